The summed E-state index contributed by atoms with van der Waals surface area (Å²) in [7, 11) is -3.75. The molecule has 2 aromatic carbocycles. The topological polar surface area (TPSA) is 83.6 Å². The van der Waals surface area contributed by atoms with Gasteiger partial charge in [-0.25, -0.2) is 8.42 Å². The fourth-order valence-corrected chi connectivity index (χ4v) is 3.69. The van der Waals surface area contributed by atoms with Crippen LogP contribution in [0.15, 0.2) is 53.4 Å². The molecule has 0 atom stereocenters. The zero-order valence-electron chi connectivity index (χ0n) is 15.7. The number of hydrogen-bond acceptors (Lipinski definition) is 4. The van der Waals surface area contributed by atoms with Crippen LogP contribution in [0.5, 0.6) is 0 Å². The van der Waals surface area contributed by atoms with E-state index in [0.29, 0.717) is 24.3 Å². The molecule has 1 N–H and O–H groups in total. The Kier molecular flexibility index (Phi) is 6.74. The molecule has 0 radical (unpaired) electrons. The summed E-state index contributed by atoms with van der Waals surface area (Å²) in [5, 5.41) is 0. The number of amides is 1. The first-order valence-corrected chi connectivity index (χ1v) is 10.3. The van der Waals surface area contributed by atoms with E-state index in [0.717, 1.165) is 5.56 Å². The minimum atomic E-state index is -3.75. The molecule has 27 heavy (non-hydrogen) atoms. The molecule has 2 aromatic rings. The van der Waals surface area contributed by atoms with Crippen LogP contribution in [0.3, 0.4) is 0 Å². The highest BCUT2D eigenvalue weighted by Gasteiger charge is 2.15. The number of nitrogens with zero attached hydrogens (tertiary/aromatic N) is 1. The van der Waals surface area contributed by atoms with Crippen molar-refractivity contribution in [2.24, 2.45) is 0 Å². The van der Waals surface area contributed by atoms with E-state index in [1.54, 1.807) is 29.2 Å². The average Bonchev–Trinajstić information content (AvgIpc) is 2.64. The van der Waals surface area contributed by atoms with E-state index in [1.807, 2.05) is 13.8 Å². The summed E-state index contributed by atoms with van der Waals surface area (Å²) in [6, 6.07) is 12.5. The smallest absolute Gasteiger partial charge is 0.261 e. The molecule has 0 aliphatic rings. The van der Waals surface area contributed by atoms with Gasteiger partial charge in [0.25, 0.3) is 10.0 Å². The zero-order chi connectivity index (χ0) is 20.0. The molecule has 7 heteroatoms. The first-order chi connectivity index (χ1) is 12.8. The third-order valence-electron chi connectivity index (χ3n) is 4.25. The fourth-order valence-electron chi connectivity index (χ4n) is 2.64. The van der Waals surface area contributed by atoms with E-state index in [1.165, 1.54) is 31.2 Å². The molecule has 0 saturated heterocycles. The van der Waals surface area contributed by atoms with Gasteiger partial charge in [0.2, 0.25) is 5.91 Å². The van der Waals surface area contributed by atoms with Crippen LogP contribution >= 0.6 is 0 Å². The van der Waals surface area contributed by atoms with E-state index in [2.05, 4.69) is 4.72 Å². The molecule has 0 aliphatic heterocycles. The predicted octanol–water partition coefficient (Wildman–Crippen LogP) is 3.10. The van der Waals surface area contributed by atoms with E-state index in [9.17, 15) is 18.0 Å². The molecule has 0 unspecified atom stereocenters. The highest BCUT2D eigenvalue weighted by atomic mass is 32.2. The second-order valence-electron chi connectivity index (χ2n) is 6.13. The van der Waals surface area contributed by atoms with Crippen molar-refractivity contribution in [3.05, 3.63) is 59.7 Å². The van der Waals surface area contributed by atoms with E-state index in [4.69, 9.17) is 0 Å². The number of carbonyl (C=O) groups is 2. The van der Waals surface area contributed by atoms with Gasteiger partial charge < -0.3 is 4.90 Å². The lowest BCUT2D eigenvalue weighted by Gasteiger charge is -2.18. The Morgan fingerprint density at radius 3 is 1.96 bits per heavy atom. The summed E-state index contributed by atoms with van der Waals surface area (Å²) in [6.45, 7) is 6.62. The largest absolute Gasteiger partial charge is 0.343 e. The standard InChI is InChI=1S/C20H24N2O4S/c1-4-22(5-2)20(24)14-16-6-10-18(11-7-16)21-27(25,26)19-12-8-17(9-13-19)15(3)23/h6-13,21H,4-5,14H2,1-3H3. The Labute approximate surface area is 160 Å². The van der Waals surface area contributed by atoms with Crippen molar-refractivity contribution < 1.29 is 18.0 Å². The minimum absolute atomic E-state index is 0.0406. The van der Waals surface area contributed by atoms with Gasteiger partial charge in [-0.1, -0.05) is 24.3 Å². The second-order valence-corrected chi connectivity index (χ2v) is 7.81. The first kappa shape index (κ1) is 20.6. The molecule has 0 saturated carbocycles. The Bertz CT molecular complexity index is 900. The lowest BCUT2D eigenvalue weighted by Crippen LogP contribution is -2.31. The van der Waals surface area contributed by atoms with Gasteiger partial charge in [-0.05, 0) is 50.6 Å². The number of rotatable bonds is 8. The molecule has 0 heterocycles. The Morgan fingerprint density at radius 1 is 0.926 bits per heavy atom. The van der Waals surface area contributed by atoms with Crippen molar-refractivity contribution in [1.82, 2.24) is 4.90 Å². The summed E-state index contributed by atoms with van der Waals surface area (Å²) in [6.07, 6.45) is 0.279. The molecule has 0 aromatic heterocycles. The Balaban J connectivity index is 2.08. The SMILES string of the molecule is CCN(CC)C(=O)Cc1ccc(NS(=O)(=O)c2ccc(C(C)=O)cc2)cc1. The van der Waals surface area contributed by atoms with Gasteiger partial charge in [0.1, 0.15) is 0 Å². The minimum Gasteiger partial charge on any atom is -0.343 e. The summed E-state index contributed by atoms with van der Waals surface area (Å²) < 4.78 is 27.4. The number of anilines is 1. The Morgan fingerprint density at radius 2 is 1.48 bits per heavy atom. The van der Waals surface area contributed by atoms with Crippen molar-refractivity contribution in [3.8, 4) is 0 Å². The summed E-state index contributed by atoms with van der Waals surface area (Å²) in [5.74, 6) is -0.0827. The highest BCUT2D eigenvalue weighted by molar-refractivity contribution is 7.92. The molecular weight excluding hydrogens is 364 g/mol. The van der Waals surface area contributed by atoms with Crippen molar-refractivity contribution in [1.29, 1.82) is 0 Å². The van der Waals surface area contributed by atoms with Crippen molar-refractivity contribution in [2.45, 2.75) is 32.1 Å². The molecule has 144 valence electrons. The number of sulfonamides is 1. The quantitative estimate of drug-likeness (QED) is 0.705. The van der Waals surface area contributed by atoms with Gasteiger partial charge in [-0.15, -0.1) is 0 Å². The van der Waals surface area contributed by atoms with Crippen LogP contribution in [-0.4, -0.2) is 38.1 Å². The lowest BCUT2D eigenvalue weighted by molar-refractivity contribution is -0.130. The normalized spacial score (nSPS) is 11.1. The number of Topliss-reactive ketones (excluding diaryl/α,β-unsaturated/α-hetero) is 1. The Hall–Kier alpha value is -2.67. The fraction of sp³-hybridized carbons (Fsp3) is 0.300. The summed E-state index contributed by atoms with van der Waals surface area (Å²) in [5.41, 5.74) is 1.68. The number of carbonyl (C=O) groups excluding carboxylic acids is 2. The van der Waals surface area contributed by atoms with Crippen LogP contribution in [0, 0.1) is 0 Å². The van der Waals surface area contributed by atoms with Crippen LogP contribution in [0.2, 0.25) is 0 Å². The zero-order valence-corrected chi connectivity index (χ0v) is 16.5. The maximum Gasteiger partial charge on any atom is 0.261 e. The van der Waals surface area contributed by atoms with Crippen LogP contribution in [-0.2, 0) is 21.2 Å². The molecule has 2 rings (SSSR count). The van der Waals surface area contributed by atoms with Crippen LogP contribution in [0.4, 0.5) is 5.69 Å². The average molecular weight is 388 g/mol. The maximum absolute atomic E-state index is 12.5. The van der Waals surface area contributed by atoms with E-state index in [-0.39, 0.29) is 23.0 Å². The van der Waals surface area contributed by atoms with Gasteiger partial charge in [-0.3, -0.25) is 14.3 Å². The third kappa shape index (κ3) is 5.40. The van der Waals surface area contributed by atoms with Gasteiger partial charge in [-0.2, -0.15) is 0 Å². The van der Waals surface area contributed by atoms with Gasteiger partial charge in [0.15, 0.2) is 5.78 Å². The van der Waals surface area contributed by atoms with Crippen molar-refractivity contribution in [3.63, 3.8) is 0 Å². The first-order valence-electron chi connectivity index (χ1n) is 8.77. The van der Waals surface area contributed by atoms with Crippen LogP contribution in [0.25, 0.3) is 0 Å². The highest BCUT2D eigenvalue weighted by Crippen LogP contribution is 2.18. The maximum atomic E-state index is 12.5. The van der Waals surface area contributed by atoms with Gasteiger partial charge in [0, 0.05) is 24.3 Å². The number of benzene rings is 2. The second kappa shape index (κ2) is 8.81. The molecule has 0 aliphatic carbocycles. The van der Waals surface area contributed by atoms with Crippen molar-refractivity contribution in [2.75, 3.05) is 17.8 Å². The van der Waals surface area contributed by atoms with Crippen LogP contribution < -0.4 is 4.72 Å². The number of likely N-dealkylation sites (N-methyl/N-ethyl adjacent to an activating group) is 1. The molecule has 1 amide bonds. The van der Waals surface area contributed by atoms with Gasteiger partial charge in [0.05, 0.1) is 11.3 Å². The van der Waals surface area contributed by atoms with Crippen molar-refractivity contribution >= 4 is 27.4 Å². The molecule has 0 bridgehead atoms. The van der Waals surface area contributed by atoms with Gasteiger partial charge >= 0.3 is 0 Å². The molecule has 0 fully saturated rings. The third-order valence-corrected chi connectivity index (χ3v) is 5.65. The van der Waals surface area contributed by atoms with E-state index >= 15 is 0 Å². The monoisotopic (exact) mass is 388 g/mol. The number of hydrogen-bond donors (Lipinski definition) is 1. The predicted molar refractivity (Wildman–Crippen MR) is 105 cm³/mol. The lowest BCUT2D eigenvalue weighted by atomic mass is 10.1. The summed E-state index contributed by atoms with van der Waals surface area (Å²) in [4.78, 5) is 25.3. The number of ketones is 1. The molecule has 6 nitrogen and oxygen atoms in total. The molecular formula is C20H24N2O4S. The number of nitrogens with one attached hydrogen (secondary N) is 1. The van der Waals surface area contributed by atoms with E-state index < -0.39 is 10.0 Å². The molecule has 0 spiro atoms. The van der Waals surface area contributed by atoms with Crippen LogP contribution in [0.1, 0.15) is 36.7 Å². The summed E-state index contributed by atoms with van der Waals surface area (Å²) >= 11 is 0.